The van der Waals surface area contributed by atoms with Gasteiger partial charge >= 0.3 is 0 Å². The molecule has 30 heavy (non-hydrogen) atoms. The number of thiophene rings is 1. The maximum absolute atomic E-state index is 13.5. The lowest BCUT2D eigenvalue weighted by molar-refractivity contribution is 0.328. The first-order valence-corrected chi connectivity index (χ1v) is 11.7. The number of sulfonamides is 1. The van der Waals surface area contributed by atoms with Gasteiger partial charge in [0.25, 0.3) is 10.0 Å². The third kappa shape index (κ3) is 3.57. The van der Waals surface area contributed by atoms with E-state index >= 15 is 0 Å². The van der Waals surface area contributed by atoms with Crippen molar-refractivity contribution in [3.63, 3.8) is 0 Å². The molecular weight excluding hydrogens is 420 g/mol. The molecule has 1 aromatic heterocycles. The van der Waals surface area contributed by atoms with Crippen molar-refractivity contribution in [2.45, 2.75) is 24.3 Å². The first kappa shape index (κ1) is 20.4. The molecule has 1 aliphatic rings. The second-order valence-corrected chi connectivity index (χ2v) is 9.66. The van der Waals surface area contributed by atoms with Gasteiger partial charge in [-0.2, -0.15) is 17.9 Å². The molecule has 0 aliphatic carbocycles. The molecule has 0 saturated carbocycles. The van der Waals surface area contributed by atoms with Gasteiger partial charge in [0.1, 0.15) is 0 Å². The molecule has 0 unspecified atom stereocenters. The summed E-state index contributed by atoms with van der Waals surface area (Å²) in [4.78, 5) is 1.15. The van der Waals surface area contributed by atoms with Gasteiger partial charge in [-0.3, -0.25) is 0 Å². The number of hydrazone groups is 1. The molecule has 2 heterocycles. The highest BCUT2D eigenvalue weighted by Gasteiger charge is 2.39. The summed E-state index contributed by atoms with van der Waals surface area (Å²) in [6, 6.07) is 15.6. The summed E-state index contributed by atoms with van der Waals surface area (Å²) >= 11 is 1.54. The molecule has 0 bridgehead atoms. The predicted molar refractivity (Wildman–Crippen MR) is 118 cm³/mol. The highest BCUT2D eigenvalue weighted by Crippen LogP contribution is 2.44. The molecule has 4 rings (SSSR count). The van der Waals surface area contributed by atoms with Gasteiger partial charge in [-0.1, -0.05) is 35.9 Å². The first-order valence-electron chi connectivity index (χ1n) is 9.39. The number of hydrogen-bond donors (Lipinski definition) is 0. The Kier molecular flexibility index (Phi) is 5.53. The van der Waals surface area contributed by atoms with Crippen molar-refractivity contribution >= 4 is 27.1 Å². The fourth-order valence-electron chi connectivity index (χ4n) is 3.53. The van der Waals surface area contributed by atoms with Crippen LogP contribution in [0.25, 0.3) is 0 Å². The van der Waals surface area contributed by atoms with Gasteiger partial charge in [0.05, 0.1) is 35.7 Å². The Morgan fingerprint density at radius 2 is 1.80 bits per heavy atom. The Labute approximate surface area is 180 Å². The lowest BCUT2D eigenvalue weighted by Crippen LogP contribution is -2.27. The Bertz CT molecular complexity index is 1170. The van der Waals surface area contributed by atoms with E-state index < -0.39 is 16.1 Å². The maximum Gasteiger partial charge on any atom is 0.279 e. The quantitative estimate of drug-likeness (QED) is 0.559. The number of nitrogens with zero attached hydrogens (tertiary/aromatic N) is 2. The van der Waals surface area contributed by atoms with Crippen LogP contribution in [0.4, 0.5) is 0 Å². The number of aryl methyl sites for hydroxylation is 1. The number of hydrogen-bond acceptors (Lipinski definition) is 6. The van der Waals surface area contributed by atoms with Crippen LogP contribution >= 0.6 is 11.3 Å². The zero-order valence-corrected chi connectivity index (χ0v) is 18.5. The molecule has 8 heteroatoms. The van der Waals surface area contributed by atoms with Crippen LogP contribution < -0.4 is 9.47 Å². The average Bonchev–Trinajstić information content (AvgIpc) is 3.43. The minimum absolute atomic E-state index is 0.205. The van der Waals surface area contributed by atoms with E-state index in [0.717, 1.165) is 16.2 Å². The van der Waals surface area contributed by atoms with Crippen LogP contribution in [-0.4, -0.2) is 32.8 Å². The highest BCUT2D eigenvalue weighted by molar-refractivity contribution is 7.89. The molecule has 6 nitrogen and oxygen atoms in total. The lowest BCUT2D eigenvalue weighted by atomic mass is 10.0. The number of benzene rings is 2. The summed E-state index contributed by atoms with van der Waals surface area (Å²) in [6.07, 6.45) is 0.440. The smallest absolute Gasteiger partial charge is 0.279 e. The van der Waals surface area contributed by atoms with Gasteiger partial charge in [-0.15, -0.1) is 11.3 Å². The minimum atomic E-state index is -3.87. The van der Waals surface area contributed by atoms with E-state index in [-0.39, 0.29) is 4.90 Å². The Morgan fingerprint density at radius 1 is 1.03 bits per heavy atom. The highest BCUT2D eigenvalue weighted by atomic mass is 32.2. The topological polar surface area (TPSA) is 68.2 Å². The third-order valence-electron chi connectivity index (χ3n) is 5.04. The van der Waals surface area contributed by atoms with Crippen molar-refractivity contribution in [1.82, 2.24) is 4.41 Å². The van der Waals surface area contributed by atoms with Gasteiger partial charge in [0.2, 0.25) is 0 Å². The summed E-state index contributed by atoms with van der Waals surface area (Å²) in [6.45, 7) is 1.92. The van der Waals surface area contributed by atoms with E-state index in [0.29, 0.717) is 23.5 Å². The van der Waals surface area contributed by atoms with Crippen molar-refractivity contribution in [1.29, 1.82) is 0 Å². The van der Waals surface area contributed by atoms with Gasteiger partial charge in [-0.05, 0) is 36.6 Å². The number of methoxy groups -OCH3 is 2. The predicted octanol–water partition coefficient (Wildman–Crippen LogP) is 4.61. The van der Waals surface area contributed by atoms with Crippen molar-refractivity contribution < 1.29 is 17.9 Å². The molecule has 0 saturated heterocycles. The van der Waals surface area contributed by atoms with Crippen molar-refractivity contribution in [3.05, 3.63) is 76.0 Å². The summed E-state index contributed by atoms with van der Waals surface area (Å²) in [7, 11) is -0.755. The molecule has 1 atom stereocenters. The molecule has 2 aromatic carbocycles. The summed E-state index contributed by atoms with van der Waals surface area (Å²) < 4.78 is 39.3. The van der Waals surface area contributed by atoms with Crippen LogP contribution in [-0.2, 0) is 10.0 Å². The Morgan fingerprint density at radius 3 is 2.43 bits per heavy atom. The molecule has 0 N–H and O–H groups in total. The van der Waals surface area contributed by atoms with Gasteiger partial charge in [0.15, 0.2) is 11.5 Å². The van der Waals surface area contributed by atoms with Gasteiger partial charge in [-0.25, -0.2) is 0 Å². The lowest BCUT2D eigenvalue weighted by Gasteiger charge is -2.25. The molecule has 0 radical (unpaired) electrons. The van der Waals surface area contributed by atoms with Crippen LogP contribution in [0.3, 0.4) is 0 Å². The molecule has 1 aliphatic heterocycles. The van der Waals surface area contributed by atoms with E-state index in [1.54, 1.807) is 44.6 Å². The van der Waals surface area contributed by atoms with E-state index in [1.165, 1.54) is 15.8 Å². The Hall–Kier alpha value is -2.84. The molecule has 0 spiro atoms. The maximum atomic E-state index is 13.5. The molecule has 0 fully saturated rings. The average molecular weight is 443 g/mol. The molecular formula is C22H22N2O4S2. The molecule has 3 aromatic rings. The second kappa shape index (κ2) is 8.12. The number of rotatable bonds is 6. The summed E-state index contributed by atoms with van der Waals surface area (Å²) in [5.74, 6) is 1.06. The summed E-state index contributed by atoms with van der Waals surface area (Å²) in [5.41, 5.74) is 2.43. The molecule has 0 amide bonds. The van der Waals surface area contributed by atoms with E-state index in [4.69, 9.17) is 9.47 Å². The van der Waals surface area contributed by atoms with E-state index in [9.17, 15) is 8.42 Å². The van der Waals surface area contributed by atoms with Crippen LogP contribution in [0.15, 0.2) is 70.0 Å². The minimum Gasteiger partial charge on any atom is -0.493 e. The fourth-order valence-corrected chi connectivity index (χ4v) is 5.67. The molecule has 156 valence electrons. The van der Waals surface area contributed by atoms with Gasteiger partial charge < -0.3 is 9.47 Å². The van der Waals surface area contributed by atoms with Crippen LogP contribution in [0.1, 0.15) is 28.5 Å². The number of para-hydroxylation sites is 1. The first-order chi connectivity index (χ1) is 14.5. The normalized spacial score (nSPS) is 16.4. The van der Waals surface area contributed by atoms with Crippen LogP contribution in [0.2, 0.25) is 0 Å². The zero-order chi connectivity index (χ0) is 21.3. The van der Waals surface area contributed by atoms with Gasteiger partial charge in [0, 0.05) is 12.0 Å². The summed E-state index contributed by atoms with van der Waals surface area (Å²) in [5, 5.41) is 6.52. The largest absolute Gasteiger partial charge is 0.493 e. The van der Waals surface area contributed by atoms with Crippen LogP contribution in [0, 0.1) is 6.92 Å². The SMILES string of the molecule is COc1cccc([C@H]2CC(c3cccs3)=NN2S(=O)(=O)c2ccc(C)cc2)c1OC. The zero-order valence-electron chi connectivity index (χ0n) is 16.9. The second-order valence-electron chi connectivity index (χ2n) is 6.92. The van der Waals surface area contributed by atoms with Crippen LogP contribution in [0.5, 0.6) is 11.5 Å². The van der Waals surface area contributed by atoms with Crippen molar-refractivity contribution in [2.75, 3.05) is 14.2 Å². The van der Waals surface area contributed by atoms with E-state index in [1.807, 2.05) is 36.6 Å². The standard InChI is InChI=1S/C22H22N2O4S2/c1-15-9-11-16(12-10-15)30(25,26)24-19(14-18(23-24)21-8-5-13-29-21)17-6-4-7-20(27-2)22(17)28-3/h4-13,19H,14H2,1-3H3/t19-/m1/s1. The number of ether oxygens (including phenoxy) is 2. The third-order valence-corrected chi connectivity index (χ3v) is 7.65. The monoisotopic (exact) mass is 442 g/mol. The Balaban J connectivity index is 1.85. The van der Waals surface area contributed by atoms with E-state index in [2.05, 4.69) is 5.10 Å². The van der Waals surface area contributed by atoms with Crippen molar-refractivity contribution in [3.8, 4) is 11.5 Å². The van der Waals surface area contributed by atoms with Crippen molar-refractivity contribution in [2.24, 2.45) is 5.10 Å². The fraction of sp³-hybridized carbons (Fsp3) is 0.227.